The van der Waals surface area contributed by atoms with Gasteiger partial charge in [0.05, 0.1) is 11.9 Å². The third kappa shape index (κ3) is 15.8. The Morgan fingerprint density at radius 2 is 1.32 bits per heavy atom. The fourth-order valence-corrected chi connectivity index (χ4v) is 2.71. The van der Waals surface area contributed by atoms with Gasteiger partial charge in [0.2, 0.25) is 0 Å². The average Bonchev–Trinajstić information content (AvgIpc) is 2.31. The number of aliphatic hydroxyl groups is 1. The first-order chi connectivity index (χ1) is 8.95. The lowest BCUT2D eigenvalue weighted by Crippen LogP contribution is -2.05. The van der Waals surface area contributed by atoms with Crippen molar-refractivity contribution in [2.45, 2.75) is 83.7 Å². The maximum atomic E-state index is 10.5. The molecule has 0 aliphatic rings. The Balaban J connectivity index is 3.22. The Morgan fingerprint density at radius 3 is 1.84 bits per heavy atom. The summed E-state index contributed by atoms with van der Waals surface area (Å²) in [4.78, 5) is 0. The second-order valence-electron chi connectivity index (χ2n) is 5.35. The van der Waals surface area contributed by atoms with Crippen molar-refractivity contribution in [3.63, 3.8) is 0 Å². The molecule has 0 aromatic rings. The Kier molecular flexibility index (Phi) is 11.6. The molecule has 0 spiro atoms. The molecule has 4 nitrogen and oxygen atoms in total. The van der Waals surface area contributed by atoms with E-state index in [0.29, 0.717) is 6.42 Å². The monoisotopic (exact) mass is 294 g/mol. The van der Waals surface area contributed by atoms with Crippen LogP contribution in [0.25, 0.3) is 0 Å². The van der Waals surface area contributed by atoms with Crippen molar-refractivity contribution in [3.05, 3.63) is 0 Å². The highest BCUT2D eigenvalue weighted by Crippen LogP contribution is 2.12. The molecule has 2 N–H and O–H groups in total. The van der Waals surface area contributed by atoms with E-state index in [1.54, 1.807) is 0 Å². The molecule has 0 aliphatic carbocycles. The van der Waals surface area contributed by atoms with Crippen molar-refractivity contribution in [2.75, 3.05) is 5.75 Å². The van der Waals surface area contributed by atoms with E-state index in [2.05, 4.69) is 6.92 Å². The number of hydrogen-bond donors (Lipinski definition) is 2. The molecule has 0 bridgehead atoms. The van der Waals surface area contributed by atoms with Gasteiger partial charge in [0.25, 0.3) is 10.1 Å². The summed E-state index contributed by atoms with van der Waals surface area (Å²) in [5.41, 5.74) is 0. The van der Waals surface area contributed by atoms with Crippen molar-refractivity contribution in [2.24, 2.45) is 0 Å². The average molecular weight is 294 g/mol. The number of aliphatic hydroxyl groups excluding tert-OH is 1. The summed E-state index contributed by atoms with van der Waals surface area (Å²) in [5, 5.41) is 9.71. The van der Waals surface area contributed by atoms with Gasteiger partial charge in [0.1, 0.15) is 0 Å². The predicted molar refractivity (Wildman–Crippen MR) is 78.9 cm³/mol. The van der Waals surface area contributed by atoms with Crippen molar-refractivity contribution in [3.8, 4) is 0 Å². The molecule has 116 valence electrons. The summed E-state index contributed by atoms with van der Waals surface area (Å²) >= 11 is 0. The van der Waals surface area contributed by atoms with Crippen LogP contribution in [-0.2, 0) is 10.1 Å². The van der Waals surface area contributed by atoms with Gasteiger partial charge in [-0.25, -0.2) is 0 Å². The van der Waals surface area contributed by atoms with Gasteiger partial charge >= 0.3 is 0 Å². The van der Waals surface area contributed by atoms with E-state index in [4.69, 9.17) is 4.55 Å². The zero-order valence-electron chi connectivity index (χ0n) is 12.2. The molecular formula is C14H30O4S. The van der Waals surface area contributed by atoms with E-state index in [1.165, 1.54) is 12.8 Å². The standard InChI is InChI=1S/C14H30O4S/c1-2-3-8-11-14(15)12-9-6-4-5-7-10-13-19(16,17)18/h14-15H,2-13H2,1H3,(H,16,17,18). The minimum atomic E-state index is -3.78. The maximum Gasteiger partial charge on any atom is 0.264 e. The number of hydrogen-bond acceptors (Lipinski definition) is 3. The number of unbranched alkanes of at least 4 members (excludes halogenated alkanes) is 7. The van der Waals surface area contributed by atoms with Crippen LogP contribution in [0, 0.1) is 0 Å². The summed E-state index contributed by atoms with van der Waals surface area (Å²) in [5.74, 6) is -0.122. The molecule has 0 amide bonds. The molecule has 0 saturated carbocycles. The number of rotatable bonds is 13. The molecule has 1 atom stereocenters. The topological polar surface area (TPSA) is 74.6 Å². The highest BCUT2D eigenvalue weighted by Gasteiger charge is 2.04. The lowest BCUT2D eigenvalue weighted by Gasteiger charge is -2.09. The van der Waals surface area contributed by atoms with Crippen LogP contribution in [0.3, 0.4) is 0 Å². The Bertz CT molecular complexity index is 288. The highest BCUT2D eigenvalue weighted by molar-refractivity contribution is 7.85. The lowest BCUT2D eigenvalue weighted by molar-refractivity contribution is 0.147. The van der Waals surface area contributed by atoms with Gasteiger partial charge in [-0.05, 0) is 19.3 Å². The largest absolute Gasteiger partial charge is 0.393 e. The highest BCUT2D eigenvalue weighted by atomic mass is 32.2. The molecular weight excluding hydrogens is 264 g/mol. The Labute approximate surface area is 118 Å². The molecule has 19 heavy (non-hydrogen) atoms. The zero-order valence-corrected chi connectivity index (χ0v) is 13.0. The minimum Gasteiger partial charge on any atom is -0.393 e. The third-order valence-electron chi connectivity index (χ3n) is 3.33. The van der Waals surface area contributed by atoms with Crippen LogP contribution < -0.4 is 0 Å². The van der Waals surface area contributed by atoms with E-state index < -0.39 is 10.1 Å². The van der Waals surface area contributed by atoms with Crippen LogP contribution in [0.2, 0.25) is 0 Å². The van der Waals surface area contributed by atoms with Gasteiger partial charge in [0.15, 0.2) is 0 Å². The van der Waals surface area contributed by atoms with Crippen molar-refractivity contribution >= 4 is 10.1 Å². The fourth-order valence-electron chi connectivity index (χ4n) is 2.15. The summed E-state index contributed by atoms with van der Waals surface area (Å²) < 4.78 is 29.5. The van der Waals surface area contributed by atoms with Crippen LogP contribution in [0.5, 0.6) is 0 Å². The molecule has 0 fully saturated rings. The first kappa shape index (κ1) is 18.9. The molecule has 0 heterocycles. The quantitative estimate of drug-likeness (QED) is 0.402. The maximum absolute atomic E-state index is 10.5. The summed E-state index contributed by atoms with van der Waals surface area (Å²) in [6.07, 6.45) is 10.8. The van der Waals surface area contributed by atoms with Crippen molar-refractivity contribution in [1.82, 2.24) is 0 Å². The lowest BCUT2D eigenvalue weighted by atomic mass is 10.0. The van der Waals surface area contributed by atoms with Crippen molar-refractivity contribution in [1.29, 1.82) is 0 Å². The van der Waals surface area contributed by atoms with Crippen LogP contribution in [0.4, 0.5) is 0 Å². The summed E-state index contributed by atoms with van der Waals surface area (Å²) in [7, 11) is -3.78. The van der Waals surface area contributed by atoms with E-state index in [-0.39, 0.29) is 11.9 Å². The molecule has 0 rings (SSSR count). The smallest absolute Gasteiger partial charge is 0.264 e. The van der Waals surface area contributed by atoms with Crippen LogP contribution in [-0.4, -0.2) is 29.9 Å². The first-order valence-corrected chi connectivity index (χ1v) is 9.20. The van der Waals surface area contributed by atoms with E-state index in [9.17, 15) is 13.5 Å². The first-order valence-electron chi connectivity index (χ1n) is 7.59. The minimum absolute atomic E-state index is 0.122. The Hall–Kier alpha value is -0.130. The Morgan fingerprint density at radius 1 is 0.842 bits per heavy atom. The second-order valence-corrected chi connectivity index (χ2v) is 6.92. The van der Waals surface area contributed by atoms with Crippen LogP contribution >= 0.6 is 0 Å². The molecule has 0 aliphatic heterocycles. The molecule has 0 radical (unpaired) electrons. The van der Waals surface area contributed by atoms with Crippen molar-refractivity contribution < 1.29 is 18.1 Å². The summed E-state index contributed by atoms with van der Waals surface area (Å²) in [6, 6.07) is 0. The molecule has 0 aromatic carbocycles. The molecule has 0 saturated heterocycles. The normalized spacial score (nSPS) is 13.6. The third-order valence-corrected chi connectivity index (χ3v) is 4.14. The zero-order chi connectivity index (χ0) is 14.6. The molecule has 0 aromatic heterocycles. The second kappa shape index (κ2) is 11.7. The SMILES string of the molecule is CCCCCC(O)CCCCCCCCS(=O)(=O)O. The van der Waals surface area contributed by atoms with E-state index in [0.717, 1.165) is 51.4 Å². The van der Waals surface area contributed by atoms with Gasteiger partial charge in [-0.1, -0.05) is 58.3 Å². The predicted octanol–water partition coefficient (Wildman–Crippen LogP) is 3.55. The van der Waals surface area contributed by atoms with Gasteiger partial charge in [-0.3, -0.25) is 4.55 Å². The molecule has 5 heteroatoms. The van der Waals surface area contributed by atoms with Gasteiger partial charge in [0, 0.05) is 0 Å². The van der Waals surface area contributed by atoms with Gasteiger partial charge < -0.3 is 5.11 Å². The van der Waals surface area contributed by atoms with E-state index >= 15 is 0 Å². The fraction of sp³-hybridized carbons (Fsp3) is 1.00. The van der Waals surface area contributed by atoms with Crippen LogP contribution in [0.15, 0.2) is 0 Å². The summed E-state index contributed by atoms with van der Waals surface area (Å²) in [6.45, 7) is 2.16. The van der Waals surface area contributed by atoms with Gasteiger partial charge in [-0.15, -0.1) is 0 Å². The van der Waals surface area contributed by atoms with Gasteiger partial charge in [-0.2, -0.15) is 8.42 Å². The molecule has 1 unspecified atom stereocenters. The van der Waals surface area contributed by atoms with Crippen LogP contribution in [0.1, 0.15) is 77.6 Å². The van der Waals surface area contributed by atoms with E-state index in [1.807, 2.05) is 0 Å².